The van der Waals surface area contributed by atoms with Gasteiger partial charge < -0.3 is 9.64 Å². The molecule has 0 N–H and O–H groups in total. The summed E-state index contributed by atoms with van der Waals surface area (Å²) < 4.78 is 6.49. The molecule has 0 saturated carbocycles. The Balaban J connectivity index is 1.83. The minimum Gasteiger partial charge on any atom is -0.394 e. The lowest BCUT2D eigenvalue weighted by molar-refractivity contribution is 0.0734. The van der Waals surface area contributed by atoms with Gasteiger partial charge in [0, 0.05) is 13.6 Å². The Morgan fingerprint density at radius 2 is 2.04 bits per heavy atom. The van der Waals surface area contributed by atoms with Gasteiger partial charge in [0.05, 0.1) is 27.8 Å². The second kappa shape index (κ2) is 7.66. The highest BCUT2D eigenvalue weighted by atomic mass is 32.1. The van der Waals surface area contributed by atoms with Crippen LogP contribution in [0.5, 0.6) is 5.19 Å². The van der Waals surface area contributed by atoms with Crippen LogP contribution in [0.25, 0.3) is 10.2 Å². The van der Waals surface area contributed by atoms with Gasteiger partial charge in [0.15, 0.2) is 0 Å². The molecular weight excluding hydrogens is 346 g/mol. The summed E-state index contributed by atoms with van der Waals surface area (Å²) in [5, 5.41) is 0.361. The normalized spacial score (nSPS) is 11.2. The number of aryl methyl sites for hydroxylation is 2. The highest BCUT2D eigenvalue weighted by Crippen LogP contribution is 2.29. The summed E-state index contributed by atoms with van der Waals surface area (Å²) in [4.78, 5) is 23.4. The average Bonchev–Trinajstić information content (AvgIpc) is 3.03. The van der Waals surface area contributed by atoms with Crippen molar-refractivity contribution in [3.63, 3.8) is 0 Å². The predicted molar refractivity (Wildman–Crippen MR) is 107 cm³/mol. The van der Waals surface area contributed by atoms with E-state index in [4.69, 9.17) is 4.74 Å². The number of ether oxygens (including phenoxy) is 1. The van der Waals surface area contributed by atoms with E-state index in [1.807, 2.05) is 62.2 Å². The van der Waals surface area contributed by atoms with E-state index in [0.29, 0.717) is 10.8 Å². The summed E-state index contributed by atoms with van der Waals surface area (Å²) in [5.74, 6) is -0.397. The Bertz CT molecular complexity index is 945. The van der Waals surface area contributed by atoms with Crippen molar-refractivity contribution in [3.05, 3.63) is 53.1 Å². The van der Waals surface area contributed by atoms with Crippen molar-refractivity contribution in [2.24, 2.45) is 4.99 Å². The number of aliphatic imine (C=N–C) groups is 1. The number of benzene rings is 2. The minimum absolute atomic E-state index is 0.361. The van der Waals surface area contributed by atoms with Crippen molar-refractivity contribution in [3.8, 4) is 5.19 Å². The zero-order chi connectivity index (χ0) is 18.7. The molecular formula is C20H21N3O2S. The van der Waals surface area contributed by atoms with E-state index >= 15 is 0 Å². The average molecular weight is 367 g/mol. The van der Waals surface area contributed by atoms with Crippen LogP contribution in [-0.2, 0) is 0 Å². The molecule has 2 aromatic carbocycles. The van der Waals surface area contributed by atoms with Gasteiger partial charge in [0.1, 0.15) is 0 Å². The molecule has 0 aliphatic heterocycles. The lowest BCUT2D eigenvalue weighted by Crippen LogP contribution is -2.14. The topological polar surface area (TPSA) is 54.8 Å². The van der Waals surface area contributed by atoms with E-state index in [1.165, 1.54) is 11.3 Å². The van der Waals surface area contributed by atoms with Gasteiger partial charge in [-0.3, -0.25) is 0 Å². The molecule has 3 rings (SSSR count). The van der Waals surface area contributed by atoms with Gasteiger partial charge in [0.2, 0.25) is 0 Å². The van der Waals surface area contributed by atoms with E-state index in [-0.39, 0.29) is 0 Å². The molecule has 5 nitrogen and oxygen atoms in total. The van der Waals surface area contributed by atoms with Crippen LogP contribution in [0.2, 0.25) is 0 Å². The lowest BCUT2D eigenvalue weighted by atomic mass is 10.0. The Kier molecular flexibility index (Phi) is 5.32. The van der Waals surface area contributed by atoms with Crippen molar-refractivity contribution < 1.29 is 9.53 Å². The molecule has 0 fully saturated rings. The highest BCUT2D eigenvalue weighted by Gasteiger charge is 2.16. The molecule has 0 aliphatic rings. The Hall–Kier alpha value is -2.73. The Morgan fingerprint density at radius 3 is 2.77 bits per heavy atom. The van der Waals surface area contributed by atoms with Crippen molar-refractivity contribution in [1.29, 1.82) is 0 Å². The maximum atomic E-state index is 12.6. The number of hydrogen-bond acceptors (Lipinski definition) is 5. The van der Waals surface area contributed by atoms with E-state index in [9.17, 15) is 4.79 Å². The number of nitrogens with zero attached hydrogens (tertiary/aromatic N) is 3. The van der Waals surface area contributed by atoms with Crippen LogP contribution in [0.1, 0.15) is 28.4 Å². The summed E-state index contributed by atoms with van der Waals surface area (Å²) in [5.41, 5.74) is 3.96. The molecule has 0 aliphatic carbocycles. The number of aromatic nitrogens is 1. The molecule has 0 radical (unpaired) electrons. The number of thiazole rings is 1. The number of rotatable bonds is 5. The monoisotopic (exact) mass is 367 g/mol. The fourth-order valence-electron chi connectivity index (χ4n) is 2.43. The summed E-state index contributed by atoms with van der Waals surface area (Å²) in [6.07, 6.45) is 1.79. The predicted octanol–water partition coefficient (Wildman–Crippen LogP) is 4.74. The van der Waals surface area contributed by atoms with Gasteiger partial charge in [-0.1, -0.05) is 23.5 Å². The van der Waals surface area contributed by atoms with Crippen LogP contribution < -0.4 is 4.74 Å². The van der Waals surface area contributed by atoms with Gasteiger partial charge in [-0.15, -0.1) is 0 Å². The van der Waals surface area contributed by atoms with Crippen LogP contribution in [-0.4, -0.2) is 35.8 Å². The van der Waals surface area contributed by atoms with Crippen LogP contribution in [0.4, 0.5) is 5.69 Å². The van der Waals surface area contributed by atoms with Gasteiger partial charge in [-0.05, 0) is 56.2 Å². The number of para-hydroxylation sites is 1. The number of fused-ring (bicyclic) bond motifs is 1. The van der Waals surface area contributed by atoms with Gasteiger partial charge in [0.25, 0.3) is 5.19 Å². The maximum Gasteiger partial charge on any atom is 0.345 e. The minimum atomic E-state index is -0.397. The van der Waals surface area contributed by atoms with Gasteiger partial charge >= 0.3 is 5.97 Å². The maximum absolute atomic E-state index is 12.6. The van der Waals surface area contributed by atoms with Crippen molar-refractivity contribution >= 4 is 39.5 Å². The first-order valence-electron chi connectivity index (χ1n) is 8.41. The molecule has 1 heterocycles. The first-order valence-corrected chi connectivity index (χ1v) is 9.23. The molecule has 0 amide bonds. The standard InChI is InChI=1S/C20H21N3O2S/c1-5-23(4)12-21-17-11-13(2)15(10-14(17)3)19(24)25-20-22-16-8-6-7-9-18(16)26-20/h6-12H,5H2,1-4H3. The molecule has 1 aromatic heterocycles. The summed E-state index contributed by atoms with van der Waals surface area (Å²) in [7, 11) is 1.97. The van der Waals surface area contributed by atoms with E-state index in [2.05, 4.69) is 16.9 Å². The lowest BCUT2D eigenvalue weighted by Gasteiger charge is -2.11. The third kappa shape index (κ3) is 3.91. The molecule has 0 unspecified atom stereocenters. The van der Waals surface area contributed by atoms with Gasteiger partial charge in [-0.25, -0.2) is 14.8 Å². The zero-order valence-electron chi connectivity index (χ0n) is 15.3. The first-order chi connectivity index (χ1) is 12.5. The molecule has 134 valence electrons. The van der Waals surface area contributed by atoms with Crippen LogP contribution >= 0.6 is 11.3 Å². The number of hydrogen-bond donors (Lipinski definition) is 0. The number of carbonyl (C=O) groups excluding carboxylic acids is 1. The zero-order valence-corrected chi connectivity index (χ0v) is 16.1. The van der Waals surface area contributed by atoms with Crippen LogP contribution in [0.3, 0.4) is 0 Å². The summed E-state index contributed by atoms with van der Waals surface area (Å²) in [6, 6.07) is 11.4. The fraction of sp³-hybridized carbons (Fsp3) is 0.250. The fourth-order valence-corrected chi connectivity index (χ4v) is 3.25. The molecule has 0 bridgehead atoms. The Labute approximate surface area is 157 Å². The second-order valence-corrected chi connectivity index (χ2v) is 7.10. The largest absolute Gasteiger partial charge is 0.394 e. The number of esters is 1. The Morgan fingerprint density at radius 1 is 1.27 bits per heavy atom. The van der Waals surface area contributed by atoms with Crippen molar-refractivity contribution in [2.45, 2.75) is 20.8 Å². The third-order valence-electron chi connectivity index (χ3n) is 4.11. The van der Waals surface area contributed by atoms with E-state index < -0.39 is 5.97 Å². The summed E-state index contributed by atoms with van der Waals surface area (Å²) in [6.45, 7) is 6.77. The van der Waals surface area contributed by atoms with E-state index in [0.717, 1.165) is 33.6 Å². The molecule has 0 saturated heterocycles. The quantitative estimate of drug-likeness (QED) is 0.371. The van der Waals surface area contributed by atoms with Crippen molar-refractivity contribution in [2.75, 3.05) is 13.6 Å². The number of carbonyl (C=O) groups is 1. The third-order valence-corrected chi connectivity index (χ3v) is 5.02. The highest BCUT2D eigenvalue weighted by molar-refractivity contribution is 7.20. The first kappa shape index (κ1) is 18.1. The molecule has 26 heavy (non-hydrogen) atoms. The van der Waals surface area contributed by atoms with Gasteiger partial charge in [-0.2, -0.15) is 0 Å². The smallest absolute Gasteiger partial charge is 0.345 e. The van der Waals surface area contributed by atoms with Crippen molar-refractivity contribution in [1.82, 2.24) is 9.88 Å². The second-order valence-electron chi connectivity index (χ2n) is 6.11. The molecule has 6 heteroatoms. The van der Waals surface area contributed by atoms with E-state index in [1.54, 1.807) is 6.34 Å². The molecule has 0 spiro atoms. The molecule has 3 aromatic rings. The SMILES string of the molecule is CCN(C)C=Nc1cc(C)c(C(=O)Oc2nc3ccccc3s2)cc1C. The van der Waals surface area contributed by atoms with Crippen LogP contribution in [0, 0.1) is 13.8 Å². The molecule has 0 atom stereocenters. The summed E-state index contributed by atoms with van der Waals surface area (Å²) >= 11 is 1.36. The van der Waals surface area contributed by atoms with Crippen LogP contribution in [0.15, 0.2) is 41.4 Å².